The smallest absolute Gasteiger partial charge is 0.192 e. The summed E-state index contributed by atoms with van der Waals surface area (Å²) in [5.74, 6) is 0.608. The Kier molecular flexibility index (Phi) is 3.26. The van der Waals surface area contributed by atoms with Gasteiger partial charge in [0.15, 0.2) is 12.4 Å². The number of benzene rings is 1. The highest BCUT2D eigenvalue weighted by Crippen LogP contribution is 2.11. The lowest BCUT2D eigenvalue weighted by Gasteiger charge is -2.03. The van der Waals surface area contributed by atoms with Gasteiger partial charge < -0.3 is 4.74 Å². The molecule has 0 radical (unpaired) electrons. The molecule has 0 saturated carbocycles. The fraction of sp³-hybridized carbons (Fsp3) is 0.182. The van der Waals surface area contributed by atoms with E-state index in [1.807, 2.05) is 31.2 Å². The van der Waals surface area contributed by atoms with E-state index in [9.17, 15) is 4.79 Å². The van der Waals surface area contributed by atoms with Crippen molar-refractivity contribution < 1.29 is 9.53 Å². The maximum Gasteiger partial charge on any atom is 0.192 e. The van der Waals surface area contributed by atoms with Gasteiger partial charge in [-0.3, -0.25) is 4.79 Å². The molecule has 2 heteroatoms. The van der Waals surface area contributed by atoms with Crippen LogP contribution >= 0.6 is 0 Å². The second-order valence-electron chi connectivity index (χ2n) is 2.78. The van der Waals surface area contributed by atoms with Crippen molar-refractivity contribution in [2.75, 3.05) is 6.61 Å². The molecule has 68 valence electrons. The van der Waals surface area contributed by atoms with Gasteiger partial charge in [-0.2, -0.15) is 0 Å². The first-order valence-electron chi connectivity index (χ1n) is 4.07. The van der Waals surface area contributed by atoms with Crippen molar-refractivity contribution >= 4 is 5.78 Å². The van der Waals surface area contributed by atoms with Gasteiger partial charge >= 0.3 is 0 Å². The number of aryl methyl sites for hydroxylation is 1. The van der Waals surface area contributed by atoms with Crippen LogP contribution in [-0.2, 0) is 4.79 Å². The number of carbonyl (C=O) groups excluding carboxylic acids is 1. The maximum atomic E-state index is 10.8. The van der Waals surface area contributed by atoms with E-state index >= 15 is 0 Å². The maximum absolute atomic E-state index is 10.8. The number of hydrogen-bond donors (Lipinski definition) is 0. The van der Waals surface area contributed by atoms with Crippen LogP contribution in [0.5, 0.6) is 5.75 Å². The van der Waals surface area contributed by atoms with E-state index in [2.05, 4.69) is 6.58 Å². The predicted octanol–water partition coefficient (Wildman–Crippen LogP) is 2.13. The van der Waals surface area contributed by atoms with Gasteiger partial charge in [-0.15, -0.1) is 0 Å². The third-order valence-electron chi connectivity index (χ3n) is 1.60. The quantitative estimate of drug-likeness (QED) is 0.657. The fourth-order valence-corrected chi connectivity index (χ4v) is 0.919. The fourth-order valence-electron chi connectivity index (χ4n) is 0.919. The summed E-state index contributed by atoms with van der Waals surface area (Å²) >= 11 is 0. The van der Waals surface area contributed by atoms with Gasteiger partial charge in [0, 0.05) is 0 Å². The summed E-state index contributed by atoms with van der Waals surface area (Å²) in [6, 6.07) is 7.57. The van der Waals surface area contributed by atoms with Gasteiger partial charge in [-0.25, -0.2) is 0 Å². The number of ether oxygens (including phenoxy) is 1. The molecule has 1 rings (SSSR count). The summed E-state index contributed by atoms with van der Waals surface area (Å²) in [7, 11) is 0. The molecule has 0 aliphatic heterocycles. The first-order chi connectivity index (χ1) is 6.22. The van der Waals surface area contributed by atoms with Gasteiger partial charge in [0.05, 0.1) is 0 Å². The van der Waals surface area contributed by atoms with Crippen LogP contribution in [0.15, 0.2) is 36.9 Å². The Morgan fingerprint density at radius 2 is 2.38 bits per heavy atom. The summed E-state index contributed by atoms with van der Waals surface area (Å²) in [6.07, 6.45) is 1.26. The molecule has 0 aliphatic carbocycles. The number of rotatable bonds is 4. The third kappa shape index (κ3) is 3.11. The summed E-state index contributed by atoms with van der Waals surface area (Å²) in [4.78, 5) is 10.8. The van der Waals surface area contributed by atoms with Crippen molar-refractivity contribution in [3.63, 3.8) is 0 Å². The Labute approximate surface area is 77.8 Å². The van der Waals surface area contributed by atoms with E-state index < -0.39 is 0 Å². The minimum absolute atomic E-state index is 0.0625. The molecule has 0 heterocycles. The van der Waals surface area contributed by atoms with Crippen molar-refractivity contribution in [2.45, 2.75) is 6.92 Å². The van der Waals surface area contributed by atoms with E-state index in [4.69, 9.17) is 4.74 Å². The van der Waals surface area contributed by atoms with Crippen LogP contribution < -0.4 is 4.74 Å². The van der Waals surface area contributed by atoms with Crippen molar-refractivity contribution in [1.82, 2.24) is 0 Å². The Bertz CT molecular complexity index is 316. The van der Waals surface area contributed by atoms with Crippen molar-refractivity contribution in [3.8, 4) is 5.75 Å². The lowest BCUT2D eigenvalue weighted by atomic mass is 10.2. The van der Waals surface area contributed by atoms with Gasteiger partial charge in [0.2, 0.25) is 0 Å². The van der Waals surface area contributed by atoms with Gasteiger partial charge in [0.25, 0.3) is 0 Å². The second-order valence-corrected chi connectivity index (χ2v) is 2.78. The topological polar surface area (TPSA) is 26.3 Å². The largest absolute Gasteiger partial charge is 0.485 e. The standard InChI is InChI=1S/C11H12O2/c1-3-10(12)8-13-11-6-4-5-9(2)7-11/h3-7H,1,8H2,2H3. The highest BCUT2D eigenvalue weighted by Gasteiger charge is 1.97. The third-order valence-corrected chi connectivity index (χ3v) is 1.60. The summed E-state index contributed by atoms with van der Waals surface area (Å²) in [5.41, 5.74) is 1.11. The van der Waals surface area contributed by atoms with Crippen LogP contribution in [-0.4, -0.2) is 12.4 Å². The average molecular weight is 176 g/mol. The first-order valence-corrected chi connectivity index (χ1v) is 4.07. The second kappa shape index (κ2) is 4.45. The highest BCUT2D eigenvalue weighted by molar-refractivity contribution is 5.90. The molecule has 1 aromatic carbocycles. The minimum atomic E-state index is -0.110. The molecule has 0 atom stereocenters. The summed E-state index contributed by atoms with van der Waals surface area (Å²) in [6.45, 7) is 5.40. The Morgan fingerprint density at radius 1 is 1.62 bits per heavy atom. The van der Waals surface area contributed by atoms with Crippen LogP contribution in [0.25, 0.3) is 0 Å². The zero-order chi connectivity index (χ0) is 9.68. The molecule has 0 spiro atoms. The number of carbonyl (C=O) groups is 1. The molecular weight excluding hydrogens is 164 g/mol. The van der Waals surface area contributed by atoms with E-state index in [-0.39, 0.29) is 12.4 Å². The van der Waals surface area contributed by atoms with Crippen LogP contribution in [0.1, 0.15) is 5.56 Å². The molecule has 13 heavy (non-hydrogen) atoms. The number of ketones is 1. The van der Waals surface area contributed by atoms with Crippen LogP contribution in [0, 0.1) is 6.92 Å². The van der Waals surface area contributed by atoms with Crippen molar-refractivity contribution in [1.29, 1.82) is 0 Å². The van der Waals surface area contributed by atoms with E-state index in [0.717, 1.165) is 11.3 Å². The summed E-state index contributed by atoms with van der Waals surface area (Å²) < 4.78 is 5.22. The first kappa shape index (κ1) is 9.52. The van der Waals surface area contributed by atoms with Crippen molar-refractivity contribution in [2.24, 2.45) is 0 Å². The molecule has 0 aliphatic rings. The molecule has 0 bridgehead atoms. The normalized spacial score (nSPS) is 9.31. The Hall–Kier alpha value is -1.57. The highest BCUT2D eigenvalue weighted by atomic mass is 16.5. The van der Waals surface area contributed by atoms with Gasteiger partial charge in [-0.1, -0.05) is 18.7 Å². The minimum Gasteiger partial charge on any atom is -0.485 e. The van der Waals surface area contributed by atoms with Crippen molar-refractivity contribution in [3.05, 3.63) is 42.5 Å². The molecule has 1 aromatic rings. The predicted molar refractivity (Wildman–Crippen MR) is 51.9 cm³/mol. The molecule has 2 nitrogen and oxygen atoms in total. The molecule has 0 aromatic heterocycles. The van der Waals surface area contributed by atoms with Crippen LogP contribution in [0.4, 0.5) is 0 Å². The van der Waals surface area contributed by atoms with E-state index in [1.165, 1.54) is 6.08 Å². The Morgan fingerprint density at radius 3 is 3.00 bits per heavy atom. The average Bonchev–Trinajstić information content (AvgIpc) is 2.14. The summed E-state index contributed by atoms with van der Waals surface area (Å²) in [5, 5.41) is 0. The SMILES string of the molecule is C=CC(=O)COc1cccc(C)c1. The zero-order valence-electron chi connectivity index (χ0n) is 7.62. The molecule has 0 fully saturated rings. The van der Waals surface area contributed by atoms with Gasteiger partial charge in [0.1, 0.15) is 5.75 Å². The lowest BCUT2D eigenvalue weighted by molar-refractivity contribution is -0.116. The zero-order valence-corrected chi connectivity index (χ0v) is 7.62. The van der Waals surface area contributed by atoms with Crippen LogP contribution in [0.3, 0.4) is 0 Å². The van der Waals surface area contributed by atoms with Gasteiger partial charge in [-0.05, 0) is 30.7 Å². The molecule has 0 amide bonds. The number of hydrogen-bond acceptors (Lipinski definition) is 2. The lowest BCUT2D eigenvalue weighted by Crippen LogP contribution is -2.07. The van der Waals surface area contributed by atoms with Crippen LogP contribution in [0.2, 0.25) is 0 Å². The van der Waals surface area contributed by atoms with E-state index in [0.29, 0.717) is 0 Å². The molecule has 0 saturated heterocycles. The molecular formula is C11H12O2. The monoisotopic (exact) mass is 176 g/mol. The molecule has 0 unspecified atom stereocenters. The Balaban J connectivity index is 2.54. The molecule has 0 N–H and O–H groups in total. The van der Waals surface area contributed by atoms with E-state index in [1.54, 1.807) is 0 Å².